The number of carbonyl (C=O) groups excluding carboxylic acids is 1. The second kappa shape index (κ2) is 4.69. The number of benzene rings is 1. The molecule has 0 N–H and O–H groups in total. The van der Waals surface area contributed by atoms with Gasteiger partial charge in [-0.3, -0.25) is 4.79 Å². The third kappa shape index (κ3) is 2.12. The zero-order valence-electron chi connectivity index (χ0n) is 9.60. The molecular formula is C11H8F3NO3S. The van der Waals surface area contributed by atoms with Crippen LogP contribution in [0.25, 0.3) is 0 Å². The quantitative estimate of drug-likeness (QED) is 0.733. The van der Waals surface area contributed by atoms with Gasteiger partial charge in [0.05, 0.1) is 5.69 Å². The molecule has 0 aliphatic carbocycles. The van der Waals surface area contributed by atoms with Crippen LogP contribution in [-0.2, 0) is 10.3 Å². The average molecular weight is 291 g/mol. The summed E-state index contributed by atoms with van der Waals surface area (Å²) in [7, 11) is -1.80. The molecule has 1 heterocycles. The minimum Gasteiger partial charge on any atom is -0.334 e. The normalized spacial score (nSPS) is 18.8. The molecule has 1 aliphatic rings. The molecule has 0 saturated carbocycles. The fraction of sp³-hybridized carbons (Fsp3) is 0.273. The second-order valence-electron chi connectivity index (χ2n) is 3.97. The minimum absolute atomic E-state index is 0.0406. The Morgan fingerprint density at radius 1 is 1.32 bits per heavy atom. The summed E-state index contributed by atoms with van der Waals surface area (Å²) in [5.41, 5.74) is -0.162. The molecule has 1 unspecified atom stereocenters. The smallest absolute Gasteiger partial charge is 0.255 e. The van der Waals surface area contributed by atoms with Crippen LogP contribution in [0.3, 0.4) is 0 Å². The number of fused-ring (bicyclic) bond motifs is 1. The highest BCUT2D eigenvalue weighted by atomic mass is 32.2. The van der Waals surface area contributed by atoms with E-state index in [9.17, 15) is 26.4 Å². The van der Waals surface area contributed by atoms with Crippen LogP contribution in [0.15, 0.2) is 18.2 Å². The van der Waals surface area contributed by atoms with Gasteiger partial charge in [-0.2, -0.15) is 8.42 Å². The molecule has 1 aromatic rings. The van der Waals surface area contributed by atoms with Crippen molar-refractivity contribution in [2.45, 2.75) is 6.43 Å². The standard InChI is InChI=1S/C11H8F3NO3S/c1-15-7-4-5(12)2-3-6(7)9(16)8(10(13)14)11(15)19(17)18/h2-4,8,10H,1H3. The topological polar surface area (TPSA) is 54.5 Å². The molecule has 4 nitrogen and oxygen atoms in total. The lowest BCUT2D eigenvalue weighted by atomic mass is 9.91. The van der Waals surface area contributed by atoms with Crippen molar-refractivity contribution in [2.75, 3.05) is 11.9 Å². The van der Waals surface area contributed by atoms with Gasteiger partial charge in [0, 0.05) is 12.6 Å². The van der Waals surface area contributed by atoms with Crippen molar-refractivity contribution in [1.82, 2.24) is 0 Å². The zero-order chi connectivity index (χ0) is 14.3. The maximum Gasteiger partial charge on any atom is 0.255 e. The Labute approximate surface area is 108 Å². The number of carbonyl (C=O) groups is 1. The van der Waals surface area contributed by atoms with Crippen molar-refractivity contribution >= 4 is 26.8 Å². The Kier molecular flexibility index (Phi) is 3.36. The third-order valence-corrected chi connectivity index (χ3v) is 3.76. The number of nitrogens with zero attached hydrogens (tertiary/aromatic N) is 1. The molecule has 0 radical (unpaired) electrons. The zero-order valence-corrected chi connectivity index (χ0v) is 10.4. The van der Waals surface area contributed by atoms with Gasteiger partial charge in [-0.05, 0) is 18.2 Å². The van der Waals surface area contributed by atoms with Gasteiger partial charge in [-0.25, -0.2) is 13.2 Å². The number of hydrogen-bond donors (Lipinski definition) is 0. The van der Waals surface area contributed by atoms with Crippen LogP contribution in [0.5, 0.6) is 0 Å². The van der Waals surface area contributed by atoms with Crippen LogP contribution in [0.1, 0.15) is 10.4 Å². The Balaban J connectivity index is 2.76. The highest BCUT2D eigenvalue weighted by molar-refractivity contribution is 7.73. The van der Waals surface area contributed by atoms with E-state index in [0.717, 1.165) is 23.1 Å². The summed E-state index contributed by atoms with van der Waals surface area (Å²) in [5.74, 6) is -3.77. The Hall–Kier alpha value is -1.83. The SMILES string of the molecule is CN1C(=S(=O)=O)C(C(F)F)C(=O)c2ccc(F)cc21. The predicted molar refractivity (Wildman–Crippen MR) is 62.6 cm³/mol. The van der Waals surface area contributed by atoms with Crippen molar-refractivity contribution in [3.63, 3.8) is 0 Å². The molecule has 1 atom stereocenters. The summed E-state index contributed by atoms with van der Waals surface area (Å²) in [5, 5.41) is 0. The number of halogens is 3. The molecule has 0 amide bonds. The van der Waals surface area contributed by atoms with Crippen molar-refractivity contribution in [3.8, 4) is 0 Å². The van der Waals surface area contributed by atoms with Crippen molar-refractivity contribution < 1.29 is 26.4 Å². The summed E-state index contributed by atoms with van der Waals surface area (Å²) in [6.07, 6.45) is -3.15. The van der Waals surface area contributed by atoms with E-state index < -0.39 is 39.2 Å². The fourth-order valence-corrected chi connectivity index (χ4v) is 2.77. The Bertz CT molecular complexity index is 676. The molecule has 0 saturated heterocycles. The van der Waals surface area contributed by atoms with Gasteiger partial charge in [-0.15, -0.1) is 0 Å². The summed E-state index contributed by atoms with van der Waals surface area (Å²) in [6, 6.07) is 2.97. The number of hydrogen-bond acceptors (Lipinski definition) is 3. The fourth-order valence-electron chi connectivity index (χ4n) is 2.04. The first-order valence-electron chi connectivity index (χ1n) is 5.16. The van der Waals surface area contributed by atoms with E-state index in [1.807, 2.05) is 0 Å². The lowest BCUT2D eigenvalue weighted by Gasteiger charge is -2.31. The van der Waals surface area contributed by atoms with Crippen molar-refractivity contribution in [2.24, 2.45) is 5.92 Å². The van der Waals surface area contributed by atoms with Crippen molar-refractivity contribution in [1.29, 1.82) is 0 Å². The molecule has 0 bridgehead atoms. The molecule has 1 aromatic carbocycles. The molecule has 0 fully saturated rings. The largest absolute Gasteiger partial charge is 0.334 e. The molecule has 2 rings (SSSR count). The Morgan fingerprint density at radius 2 is 1.95 bits per heavy atom. The highest BCUT2D eigenvalue weighted by Gasteiger charge is 2.42. The van der Waals surface area contributed by atoms with E-state index in [0.29, 0.717) is 0 Å². The molecular weight excluding hydrogens is 283 g/mol. The van der Waals surface area contributed by atoms with Crippen LogP contribution in [-0.4, -0.2) is 32.7 Å². The summed E-state index contributed by atoms with van der Waals surface area (Å²) in [6.45, 7) is 0. The maximum atomic E-state index is 13.1. The molecule has 8 heteroatoms. The maximum absolute atomic E-state index is 13.1. The molecule has 19 heavy (non-hydrogen) atoms. The van der Waals surface area contributed by atoms with Gasteiger partial charge in [0.15, 0.2) is 10.8 Å². The van der Waals surface area contributed by atoms with Crippen LogP contribution < -0.4 is 4.90 Å². The summed E-state index contributed by atoms with van der Waals surface area (Å²) >= 11 is 0. The van der Waals surface area contributed by atoms with Gasteiger partial charge in [-0.1, -0.05) is 0 Å². The number of alkyl halides is 2. The van der Waals surface area contributed by atoms with Crippen LogP contribution >= 0.6 is 0 Å². The minimum atomic E-state index is -3.15. The molecule has 0 spiro atoms. The lowest BCUT2D eigenvalue weighted by Crippen LogP contribution is -2.46. The third-order valence-electron chi connectivity index (χ3n) is 2.89. The van der Waals surface area contributed by atoms with Crippen LogP contribution in [0.4, 0.5) is 18.9 Å². The summed E-state index contributed by atoms with van der Waals surface area (Å²) < 4.78 is 61.1. The molecule has 0 aromatic heterocycles. The van der Waals surface area contributed by atoms with E-state index in [1.165, 1.54) is 7.05 Å². The first-order valence-corrected chi connectivity index (χ1v) is 6.24. The molecule has 1 aliphatic heterocycles. The van der Waals surface area contributed by atoms with E-state index in [4.69, 9.17) is 0 Å². The first-order chi connectivity index (χ1) is 8.84. The van der Waals surface area contributed by atoms with Gasteiger partial charge in [0.1, 0.15) is 11.7 Å². The second-order valence-corrected chi connectivity index (χ2v) is 4.86. The number of ketones is 1. The van der Waals surface area contributed by atoms with Gasteiger partial charge >= 0.3 is 0 Å². The van der Waals surface area contributed by atoms with Gasteiger partial charge < -0.3 is 4.90 Å². The number of rotatable bonds is 1. The first kappa shape index (κ1) is 13.6. The van der Waals surface area contributed by atoms with Crippen molar-refractivity contribution in [3.05, 3.63) is 29.6 Å². The van der Waals surface area contributed by atoms with E-state index >= 15 is 0 Å². The Morgan fingerprint density at radius 3 is 2.47 bits per heavy atom. The van der Waals surface area contributed by atoms with E-state index in [-0.39, 0.29) is 11.3 Å². The van der Waals surface area contributed by atoms with Crippen LogP contribution in [0, 0.1) is 11.7 Å². The monoisotopic (exact) mass is 291 g/mol. The van der Waals surface area contributed by atoms with E-state index in [1.54, 1.807) is 0 Å². The number of Topliss-reactive ketones (excluding diaryl/α,β-unsaturated/α-hetero) is 1. The molecule has 102 valence electrons. The number of anilines is 1. The average Bonchev–Trinajstić information content (AvgIpc) is 2.32. The highest BCUT2D eigenvalue weighted by Crippen LogP contribution is 2.33. The van der Waals surface area contributed by atoms with Gasteiger partial charge in [0.2, 0.25) is 10.3 Å². The van der Waals surface area contributed by atoms with E-state index in [2.05, 4.69) is 0 Å². The lowest BCUT2D eigenvalue weighted by molar-refractivity contribution is 0.0709. The summed E-state index contributed by atoms with van der Waals surface area (Å²) in [4.78, 5) is 12.1. The van der Waals surface area contributed by atoms with Gasteiger partial charge in [0.25, 0.3) is 6.43 Å². The van der Waals surface area contributed by atoms with Crippen LogP contribution in [0.2, 0.25) is 0 Å². The predicted octanol–water partition coefficient (Wildman–Crippen LogP) is 1.35.